The molecule has 0 amide bonds. The molecule has 1 atom stereocenters. The van der Waals surface area contributed by atoms with E-state index in [9.17, 15) is 9.90 Å². The number of rotatable bonds is 7. The average molecular weight is 252 g/mol. The fourth-order valence-corrected chi connectivity index (χ4v) is 2.46. The SMILES string of the molecule is CCCn1ncnc1CC(CN)(C(=O)O)C1CC1. The Kier molecular flexibility index (Phi) is 3.65. The van der Waals surface area contributed by atoms with Crippen LogP contribution in [0.15, 0.2) is 6.33 Å². The van der Waals surface area contributed by atoms with E-state index in [4.69, 9.17) is 5.73 Å². The standard InChI is InChI=1S/C12H20N4O2/c1-2-5-16-10(14-8-15-16)6-12(7-13,11(17)18)9-3-4-9/h8-9H,2-7,13H2,1H3,(H,17,18). The van der Waals surface area contributed by atoms with E-state index in [1.165, 1.54) is 6.33 Å². The van der Waals surface area contributed by atoms with Crippen LogP contribution in [0.1, 0.15) is 32.0 Å². The van der Waals surface area contributed by atoms with E-state index in [-0.39, 0.29) is 12.5 Å². The third-order valence-electron chi connectivity index (χ3n) is 3.75. The molecular weight excluding hydrogens is 232 g/mol. The van der Waals surface area contributed by atoms with E-state index < -0.39 is 11.4 Å². The van der Waals surface area contributed by atoms with E-state index in [1.54, 1.807) is 4.68 Å². The van der Waals surface area contributed by atoms with Crippen LogP contribution in [-0.2, 0) is 17.8 Å². The van der Waals surface area contributed by atoms with Gasteiger partial charge in [0.25, 0.3) is 0 Å². The van der Waals surface area contributed by atoms with E-state index >= 15 is 0 Å². The number of carboxylic acids is 1. The zero-order valence-corrected chi connectivity index (χ0v) is 10.7. The van der Waals surface area contributed by atoms with Gasteiger partial charge in [0.05, 0.1) is 5.41 Å². The summed E-state index contributed by atoms with van der Waals surface area (Å²) in [4.78, 5) is 15.8. The minimum absolute atomic E-state index is 0.159. The third kappa shape index (κ3) is 2.25. The van der Waals surface area contributed by atoms with Crippen molar-refractivity contribution in [1.29, 1.82) is 0 Å². The van der Waals surface area contributed by atoms with Gasteiger partial charge in [-0.05, 0) is 25.2 Å². The van der Waals surface area contributed by atoms with E-state index in [0.29, 0.717) is 6.42 Å². The number of nitrogens with two attached hydrogens (primary N) is 1. The van der Waals surface area contributed by atoms with Gasteiger partial charge in [0.2, 0.25) is 0 Å². The lowest BCUT2D eigenvalue weighted by Gasteiger charge is -2.27. The van der Waals surface area contributed by atoms with Crippen LogP contribution in [0.25, 0.3) is 0 Å². The summed E-state index contributed by atoms with van der Waals surface area (Å²) in [5, 5.41) is 13.7. The number of aromatic nitrogens is 3. The van der Waals surface area contributed by atoms with Gasteiger partial charge < -0.3 is 10.8 Å². The predicted octanol–water partition coefficient (Wildman–Crippen LogP) is 0.670. The normalized spacial score (nSPS) is 18.6. The zero-order chi connectivity index (χ0) is 13.2. The summed E-state index contributed by atoms with van der Waals surface area (Å²) in [5.74, 6) is 0.113. The molecule has 6 nitrogen and oxygen atoms in total. The van der Waals surface area contributed by atoms with Crippen molar-refractivity contribution in [3.63, 3.8) is 0 Å². The van der Waals surface area contributed by atoms with E-state index in [0.717, 1.165) is 31.6 Å². The van der Waals surface area contributed by atoms with Crippen molar-refractivity contribution in [1.82, 2.24) is 14.8 Å². The first-order valence-electron chi connectivity index (χ1n) is 6.44. The average Bonchev–Trinajstić information content (AvgIpc) is 3.10. The van der Waals surface area contributed by atoms with Crippen molar-refractivity contribution in [2.24, 2.45) is 17.1 Å². The highest BCUT2D eigenvalue weighted by molar-refractivity contribution is 5.76. The van der Waals surface area contributed by atoms with Gasteiger partial charge in [0.15, 0.2) is 0 Å². The molecule has 0 saturated heterocycles. The lowest BCUT2D eigenvalue weighted by atomic mass is 9.79. The first kappa shape index (κ1) is 13.0. The fraction of sp³-hybridized carbons (Fsp3) is 0.750. The molecule has 18 heavy (non-hydrogen) atoms. The van der Waals surface area contributed by atoms with Crippen LogP contribution < -0.4 is 5.73 Å². The van der Waals surface area contributed by atoms with Gasteiger partial charge in [-0.1, -0.05) is 6.92 Å². The van der Waals surface area contributed by atoms with Crippen molar-refractivity contribution in [3.05, 3.63) is 12.2 Å². The number of carboxylic acid groups (broad SMARTS) is 1. The van der Waals surface area contributed by atoms with Gasteiger partial charge in [-0.15, -0.1) is 0 Å². The molecule has 1 aliphatic carbocycles. The highest BCUT2D eigenvalue weighted by atomic mass is 16.4. The van der Waals surface area contributed by atoms with Gasteiger partial charge >= 0.3 is 5.97 Å². The first-order valence-corrected chi connectivity index (χ1v) is 6.44. The molecule has 1 unspecified atom stereocenters. The summed E-state index contributed by atoms with van der Waals surface area (Å²) in [7, 11) is 0. The van der Waals surface area contributed by atoms with Gasteiger partial charge in [0, 0.05) is 19.5 Å². The molecule has 0 aromatic carbocycles. The van der Waals surface area contributed by atoms with Gasteiger partial charge in [0.1, 0.15) is 12.2 Å². The van der Waals surface area contributed by atoms with Crippen molar-refractivity contribution in [2.45, 2.75) is 39.2 Å². The molecule has 1 saturated carbocycles. The first-order chi connectivity index (χ1) is 8.64. The second kappa shape index (κ2) is 5.06. The quantitative estimate of drug-likeness (QED) is 0.743. The second-order valence-electron chi connectivity index (χ2n) is 5.02. The molecular formula is C12H20N4O2. The smallest absolute Gasteiger partial charge is 0.311 e. The third-order valence-corrected chi connectivity index (χ3v) is 3.75. The Morgan fingerprint density at radius 2 is 2.39 bits per heavy atom. The molecule has 100 valence electrons. The number of carbonyl (C=O) groups is 1. The number of hydrogen-bond acceptors (Lipinski definition) is 4. The van der Waals surface area contributed by atoms with Crippen LogP contribution >= 0.6 is 0 Å². The molecule has 1 aromatic rings. The van der Waals surface area contributed by atoms with Crippen LogP contribution in [-0.4, -0.2) is 32.4 Å². The summed E-state index contributed by atoms with van der Waals surface area (Å²) >= 11 is 0. The van der Waals surface area contributed by atoms with Crippen LogP contribution in [0.4, 0.5) is 0 Å². The molecule has 0 radical (unpaired) electrons. The highest BCUT2D eigenvalue weighted by Gasteiger charge is 2.51. The van der Waals surface area contributed by atoms with Crippen LogP contribution in [0.5, 0.6) is 0 Å². The minimum Gasteiger partial charge on any atom is -0.481 e. The molecule has 1 aliphatic rings. The maximum absolute atomic E-state index is 11.6. The number of hydrogen-bond donors (Lipinski definition) is 2. The largest absolute Gasteiger partial charge is 0.481 e. The Balaban J connectivity index is 2.23. The molecule has 2 rings (SSSR count). The van der Waals surface area contributed by atoms with Crippen molar-refractivity contribution in [2.75, 3.05) is 6.54 Å². The zero-order valence-electron chi connectivity index (χ0n) is 10.7. The monoisotopic (exact) mass is 252 g/mol. The summed E-state index contributed by atoms with van der Waals surface area (Å²) in [5.41, 5.74) is 4.89. The summed E-state index contributed by atoms with van der Waals surface area (Å²) in [6.07, 6.45) is 4.71. The number of aliphatic carboxylic acids is 1. The Morgan fingerprint density at radius 1 is 1.67 bits per heavy atom. The molecule has 1 heterocycles. The van der Waals surface area contributed by atoms with Gasteiger partial charge in [-0.2, -0.15) is 5.10 Å². The van der Waals surface area contributed by atoms with Crippen LogP contribution in [0.3, 0.4) is 0 Å². The Labute approximate surface area is 106 Å². The predicted molar refractivity (Wildman–Crippen MR) is 65.9 cm³/mol. The lowest BCUT2D eigenvalue weighted by molar-refractivity contribution is -0.149. The molecule has 1 fully saturated rings. The number of aryl methyl sites for hydroxylation is 1. The van der Waals surface area contributed by atoms with Crippen molar-refractivity contribution in [3.8, 4) is 0 Å². The molecule has 0 spiro atoms. The van der Waals surface area contributed by atoms with E-state index in [1.807, 2.05) is 0 Å². The maximum atomic E-state index is 11.6. The van der Waals surface area contributed by atoms with Gasteiger partial charge in [-0.25, -0.2) is 4.98 Å². The minimum atomic E-state index is -0.863. The number of nitrogens with zero attached hydrogens (tertiary/aromatic N) is 3. The molecule has 0 bridgehead atoms. The van der Waals surface area contributed by atoms with Crippen molar-refractivity contribution < 1.29 is 9.90 Å². The van der Waals surface area contributed by atoms with Gasteiger partial charge in [-0.3, -0.25) is 9.48 Å². The molecule has 6 heteroatoms. The Morgan fingerprint density at radius 3 is 2.89 bits per heavy atom. The molecule has 3 N–H and O–H groups in total. The fourth-order valence-electron chi connectivity index (χ4n) is 2.46. The second-order valence-corrected chi connectivity index (χ2v) is 5.02. The topological polar surface area (TPSA) is 94.0 Å². The maximum Gasteiger partial charge on any atom is 0.311 e. The lowest BCUT2D eigenvalue weighted by Crippen LogP contribution is -2.43. The Bertz CT molecular complexity index is 427. The summed E-state index contributed by atoms with van der Waals surface area (Å²) < 4.78 is 1.79. The van der Waals surface area contributed by atoms with Crippen molar-refractivity contribution >= 4 is 5.97 Å². The van der Waals surface area contributed by atoms with Crippen LogP contribution in [0.2, 0.25) is 0 Å². The Hall–Kier alpha value is -1.43. The molecule has 0 aliphatic heterocycles. The highest BCUT2D eigenvalue weighted by Crippen LogP contribution is 2.47. The summed E-state index contributed by atoms with van der Waals surface area (Å²) in [6.45, 7) is 2.98. The van der Waals surface area contributed by atoms with E-state index in [2.05, 4.69) is 17.0 Å². The summed E-state index contributed by atoms with van der Waals surface area (Å²) in [6, 6.07) is 0. The van der Waals surface area contributed by atoms with Crippen LogP contribution in [0, 0.1) is 11.3 Å². The molecule has 1 aromatic heterocycles.